The third kappa shape index (κ3) is 5.03. The number of hydrogen-bond acceptors (Lipinski definition) is 6. The van der Waals surface area contributed by atoms with E-state index >= 15 is 0 Å². The fourth-order valence-electron chi connectivity index (χ4n) is 4.09. The van der Waals surface area contributed by atoms with E-state index in [1.165, 1.54) is 22.5 Å². The van der Waals surface area contributed by atoms with Crippen LogP contribution in [0.15, 0.2) is 40.6 Å². The lowest BCUT2D eigenvalue weighted by molar-refractivity contribution is -0.117. The van der Waals surface area contributed by atoms with Crippen molar-refractivity contribution in [3.05, 3.63) is 63.0 Å². The van der Waals surface area contributed by atoms with Gasteiger partial charge in [0.15, 0.2) is 4.96 Å². The number of benzene rings is 1. The lowest BCUT2D eigenvalue weighted by Gasteiger charge is -2.34. The normalized spacial score (nSPS) is 15.4. The highest BCUT2D eigenvalue weighted by Gasteiger charge is 2.20. The molecule has 7 nitrogen and oxygen atoms in total. The van der Waals surface area contributed by atoms with E-state index in [0.29, 0.717) is 13.1 Å². The first-order chi connectivity index (χ1) is 15.1. The number of thiazole rings is 1. The Morgan fingerprint density at radius 2 is 1.77 bits per heavy atom. The molecule has 1 aliphatic heterocycles. The summed E-state index contributed by atoms with van der Waals surface area (Å²) in [6, 6.07) is 7.85. The molecule has 0 radical (unpaired) electrons. The standard InChI is InChI=1S/C23H29N5O2S/c1-3-17-6-5-7-18(4-2)22(17)25-20(29)16-27-10-8-26(9-11-27)15-19-14-21(30)28-12-13-31-23(28)24-19/h5-7,12-14H,3-4,8-11,15-16H2,1-2H3,(H,25,29). The molecular weight excluding hydrogens is 410 g/mol. The quantitative estimate of drug-likeness (QED) is 0.613. The zero-order valence-electron chi connectivity index (χ0n) is 18.1. The maximum atomic E-state index is 12.7. The van der Waals surface area contributed by atoms with Crippen LogP contribution in [0.3, 0.4) is 0 Å². The third-order valence-electron chi connectivity index (χ3n) is 5.84. The number of para-hydroxylation sites is 1. The molecule has 3 aromatic rings. The second kappa shape index (κ2) is 9.72. The Bertz CT molecular complexity index is 1090. The molecule has 0 atom stereocenters. The van der Waals surface area contributed by atoms with Gasteiger partial charge in [0.1, 0.15) is 0 Å². The van der Waals surface area contributed by atoms with Gasteiger partial charge in [0.25, 0.3) is 5.56 Å². The Balaban J connectivity index is 1.31. The van der Waals surface area contributed by atoms with Crippen molar-refractivity contribution in [1.29, 1.82) is 0 Å². The van der Waals surface area contributed by atoms with Gasteiger partial charge in [0.2, 0.25) is 5.91 Å². The van der Waals surface area contributed by atoms with Crippen molar-refractivity contribution in [2.24, 2.45) is 0 Å². The van der Waals surface area contributed by atoms with Gasteiger partial charge in [-0.15, -0.1) is 11.3 Å². The van der Waals surface area contributed by atoms with Crippen LogP contribution in [0.2, 0.25) is 0 Å². The number of carbonyl (C=O) groups excluding carboxylic acids is 1. The Hall–Kier alpha value is -2.55. The number of nitrogens with one attached hydrogen (secondary N) is 1. The third-order valence-corrected chi connectivity index (χ3v) is 6.59. The van der Waals surface area contributed by atoms with E-state index in [1.807, 2.05) is 5.38 Å². The molecule has 8 heteroatoms. The molecule has 0 unspecified atom stereocenters. The number of piperazine rings is 1. The molecule has 4 rings (SSSR count). The number of amides is 1. The summed E-state index contributed by atoms with van der Waals surface area (Å²) in [6.07, 6.45) is 3.55. The van der Waals surface area contributed by atoms with Crippen molar-refractivity contribution in [2.45, 2.75) is 33.2 Å². The molecule has 1 N–H and O–H groups in total. The zero-order valence-corrected chi connectivity index (χ0v) is 19.0. The van der Waals surface area contributed by atoms with Gasteiger partial charge in [-0.1, -0.05) is 32.0 Å². The average Bonchev–Trinajstić information content (AvgIpc) is 3.24. The summed E-state index contributed by atoms with van der Waals surface area (Å²) >= 11 is 1.47. The second-order valence-electron chi connectivity index (χ2n) is 7.90. The Morgan fingerprint density at radius 3 is 2.45 bits per heavy atom. The first-order valence-electron chi connectivity index (χ1n) is 10.9. The number of hydrogen-bond donors (Lipinski definition) is 1. The average molecular weight is 440 g/mol. The molecule has 0 bridgehead atoms. The van der Waals surface area contributed by atoms with Gasteiger partial charge < -0.3 is 5.32 Å². The summed E-state index contributed by atoms with van der Waals surface area (Å²) in [7, 11) is 0. The van der Waals surface area contributed by atoms with E-state index in [-0.39, 0.29) is 11.5 Å². The fourth-order valence-corrected chi connectivity index (χ4v) is 4.83. The van der Waals surface area contributed by atoms with Crippen molar-refractivity contribution < 1.29 is 4.79 Å². The van der Waals surface area contributed by atoms with E-state index in [1.54, 1.807) is 16.7 Å². The number of rotatable bonds is 7. The topological polar surface area (TPSA) is 70.0 Å². The minimum Gasteiger partial charge on any atom is -0.324 e. The predicted molar refractivity (Wildman–Crippen MR) is 125 cm³/mol. The van der Waals surface area contributed by atoms with Gasteiger partial charge in [-0.3, -0.25) is 23.8 Å². The fraction of sp³-hybridized carbons (Fsp3) is 0.435. The van der Waals surface area contributed by atoms with Crippen molar-refractivity contribution >= 4 is 27.9 Å². The smallest absolute Gasteiger partial charge is 0.258 e. The van der Waals surface area contributed by atoms with Crippen LogP contribution >= 0.6 is 11.3 Å². The summed E-state index contributed by atoms with van der Waals surface area (Å²) in [6.45, 7) is 8.64. The molecule has 0 aliphatic carbocycles. The highest BCUT2D eigenvalue weighted by Crippen LogP contribution is 2.22. The summed E-state index contributed by atoms with van der Waals surface area (Å²) in [5.41, 5.74) is 4.13. The van der Waals surface area contributed by atoms with Gasteiger partial charge in [-0.2, -0.15) is 0 Å². The van der Waals surface area contributed by atoms with Crippen molar-refractivity contribution in [1.82, 2.24) is 19.2 Å². The van der Waals surface area contributed by atoms with E-state index in [4.69, 9.17) is 0 Å². The van der Waals surface area contributed by atoms with E-state index in [9.17, 15) is 9.59 Å². The van der Waals surface area contributed by atoms with Crippen LogP contribution < -0.4 is 10.9 Å². The molecule has 164 valence electrons. The number of aromatic nitrogens is 2. The SMILES string of the molecule is CCc1cccc(CC)c1NC(=O)CN1CCN(Cc2cc(=O)n3ccsc3n2)CC1. The van der Waals surface area contributed by atoms with Crippen molar-refractivity contribution in [3.8, 4) is 0 Å². The lowest BCUT2D eigenvalue weighted by Crippen LogP contribution is -2.48. The molecule has 1 aromatic carbocycles. The van der Waals surface area contributed by atoms with Crippen LogP contribution in [-0.4, -0.2) is 57.8 Å². The van der Waals surface area contributed by atoms with Crippen LogP contribution in [0.25, 0.3) is 4.96 Å². The molecule has 1 saturated heterocycles. The molecule has 0 saturated carbocycles. The lowest BCUT2D eigenvalue weighted by atomic mass is 10.0. The Labute approximate surface area is 186 Å². The summed E-state index contributed by atoms with van der Waals surface area (Å²) in [4.78, 5) is 34.7. The number of anilines is 1. The highest BCUT2D eigenvalue weighted by molar-refractivity contribution is 7.15. The van der Waals surface area contributed by atoms with Gasteiger partial charge in [0.05, 0.1) is 12.2 Å². The first-order valence-corrected chi connectivity index (χ1v) is 11.8. The number of fused-ring (bicyclic) bond motifs is 1. The van der Waals surface area contributed by atoms with Crippen LogP contribution in [0.1, 0.15) is 30.7 Å². The minimum absolute atomic E-state index is 0.0321. The van der Waals surface area contributed by atoms with E-state index in [2.05, 4.69) is 52.1 Å². The van der Waals surface area contributed by atoms with Gasteiger partial charge in [-0.05, 0) is 24.0 Å². The van der Waals surface area contributed by atoms with Crippen LogP contribution in [0.5, 0.6) is 0 Å². The maximum absolute atomic E-state index is 12.7. The van der Waals surface area contributed by atoms with Crippen LogP contribution in [0.4, 0.5) is 5.69 Å². The molecule has 3 heterocycles. The second-order valence-corrected chi connectivity index (χ2v) is 8.77. The monoisotopic (exact) mass is 439 g/mol. The molecule has 1 amide bonds. The number of carbonyl (C=O) groups is 1. The summed E-state index contributed by atoms with van der Waals surface area (Å²) in [5, 5.41) is 5.03. The molecule has 1 fully saturated rings. The summed E-state index contributed by atoms with van der Waals surface area (Å²) < 4.78 is 1.57. The Kier molecular flexibility index (Phi) is 6.80. The molecule has 1 aliphatic rings. The molecular formula is C23H29N5O2S. The van der Waals surface area contributed by atoms with Crippen LogP contribution in [-0.2, 0) is 24.2 Å². The minimum atomic E-state index is -0.0321. The summed E-state index contributed by atoms with van der Waals surface area (Å²) in [5.74, 6) is 0.0434. The van der Waals surface area contributed by atoms with Gasteiger partial charge in [-0.25, -0.2) is 4.98 Å². The largest absolute Gasteiger partial charge is 0.324 e. The maximum Gasteiger partial charge on any atom is 0.258 e. The number of nitrogens with zero attached hydrogens (tertiary/aromatic N) is 4. The zero-order chi connectivity index (χ0) is 21.8. The van der Waals surface area contributed by atoms with Gasteiger partial charge >= 0.3 is 0 Å². The molecule has 2 aromatic heterocycles. The molecule has 31 heavy (non-hydrogen) atoms. The van der Waals surface area contributed by atoms with Crippen LogP contribution in [0, 0.1) is 0 Å². The number of aryl methyl sites for hydroxylation is 2. The van der Waals surface area contributed by atoms with Crippen molar-refractivity contribution in [2.75, 3.05) is 38.0 Å². The van der Waals surface area contributed by atoms with E-state index in [0.717, 1.165) is 55.4 Å². The predicted octanol–water partition coefficient (Wildman–Crippen LogP) is 2.64. The van der Waals surface area contributed by atoms with E-state index < -0.39 is 0 Å². The van der Waals surface area contributed by atoms with Crippen molar-refractivity contribution in [3.63, 3.8) is 0 Å². The Morgan fingerprint density at radius 1 is 1.10 bits per heavy atom. The van der Waals surface area contributed by atoms with Gasteiger partial charge in [0, 0.05) is 56.1 Å². The molecule has 0 spiro atoms. The highest BCUT2D eigenvalue weighted by atomic mass is 32.1. The first kappa shape index (κ1) is 21.7.